The lowest BCUT2D eigenvalue weighted by molar-refractivity contribution is -0.385. The number of aromatic nitrogens is 2. The molecule has 3 rings (SSSR count). The monoisotopic (exact) mass is 334 g/mol. The SMILES string of the molecule is Cc1cc2nc(/C(C#N)=C/c3ccc(O)c([N+](=O)[O-])c3)[nH]c2cc1C. The number of aromatic hydroxyl groups is 1. The fourth-order valence-corrected chi connectivity index (χ4v) is 2.49. The Morgan fingerprint density at radius 3 is 2.72 bits per heavy atom. The van der Waals surface area contributed by atoms with Crippen molar-refractivity contribution in [2.24, 2.45) is 0 Å². The van der Waals surface area contributed by atoms with Crippen LogP contribution < -0.4 is 0 Å². The molecular weight excluding hydrogens is 320 g/mol. The van der Waals surface area contributed by atoms with Gasteiger partial charge in [0.2, 0.25) is 0 Å². The number of nitrogens with one attached hydrogen (secondary N) is 1. The molecule has 0 aliphatic heterocycles. The number of nitro groups is 1. The third-order valence-corrected chi connectivity index (χ3v) is 3.98. The van der Waals surface area contributed by atoms with Gasteiger partial charge in [-0.15, -0.1) is 0 Å². The van der Waals surface area contributed by atoms with Crippen molar-refractivity contribution in [3.63, 3.8) is 0 Å². The second-order valence-electron chi connectivity index (χ2n) is 5.71. The average molecular weight is 334 g/mol. The van der Waals surface area contributed by atoms with Gasteiger partial charge < -0.3 is 10.1 Å². The molecule has 0 radical (unpaired) electrons. The van der Waals surface area contributed by atoms with Crippen LogP contribution in [0.3, 0.4) is 0 Å². The molecule has 3 aromatic rings. The van der Waals surface area contributed by atoms with Crippen molar-refractivity contribution in [1.29, 1.82) is 5.26 Å². The molecule has 1 heterocycles. The summed E-state index contributed by atoms with van der Waals surface area (Å²) in [6.45, 7) is 3.98. The van der Waals surface area contributed by atoms with Crippen molar-refractivity contribution in [3.05, 3.63) is 63.0 Å². The molecule has 0 bridgehead atoms. The molecule has 0 aliphatic rings. The molecule has 0 aliphatic carbocycles. The largest absolute Gasteiger partial charge is 0.502 e. The fraction of sp³-hybridized carbons (Fsp3) is 0.111. The number of aromatic amines is 1. The highest BCUT2D eigenvalue weighted by molar-refractivity contribution is 5.90. The average Bonchev–Trinajstić information content (AvgIpc) is 2.96. The molecule has 0 saturated heterocycles. The van der Waals surface area contributed by atoms with E-state index in [1.807, 2.05) is 26.0 Å². The van der Waals surface area contributed by atoms with Crippen LogP contribution in [0.15, 0.2) is 30.3 Å². The zero-order chi connectivity index (χ0) is 18.1. The Morgan fingerprint density at radius 1 is 1.32 bits per heavy atom. The number of hydrogen-bond donors (Lipinski definition) is 2. The van der Waals surface area contributed by atoms with Crippen LogP contribution in [0.25, 0.3) is 22.7 Å². The lowest BCUT2D eigenvalue weighted by Gasteiger charge is -1.99. The van der Waals surface area contributed by atoms with Crippen LogP contribution in [0.5, 0.6) is 5.75 Å². The maximum absolute atomic E-state index is 10.9. The summed E-state index contributed by atoms with van der Waals surface area (Å²) < 4.78 is 0. The lowest BCUT2D eigenvalue weighted by Crippen LogP contribution is -1.90. The summed E-state index contributed by atoms with van der Waals surface area (Å²) >= 11 is 0. The summed E-state index contributed by atoms with van der Waals surface area (Å²) in [6.07, 6.45) is 1.49. The van der Waals surface area contributed by atoms with Crippen LogP contribution in [0.4, 0.5) is 5.69 Å². The molecule has 0 fully saturated rings. The highest BCUT2D eigenvalue weighted by Gasteiger charge is 2.14. The molecular formula is C18H14N4O3. The Kier molecular flexibility index (Phi) is 3.95. The second-order valence-corrected chi connectivity index (χ2v) is 5.71. The van der Waals surface area contributed by atoms with Crippen LogP contribution in [-0.4, -0.2) is 20.0 Å². The number of H-pyrrole nitrogens is 1. The van der Waals surface area contributed by atoms with E-state index in [4.69, 9.17) is 0 Å². The van der Waals surface area contributed by atoms with Crippen molar-refractivity contribution in [1.82, 2.24) is 9.97 Å². The third-order valence-electron chi connectivity index (χ3n) is 3.98. The molecule has 0 atom stereocenters. The Morgan fingerprint density at radius 2 is 2.04 bits per heavy atom. The van der Waals surface area contributed by atoms with Crippen molar-refractivity contribution in [2.75, 3.05) is 0 Å². The van der Waals surface area contributed by atoms with E-state index in [2.05, 4.69) is 16.0 Å². The van der Waals surface area contributed by atoms with Crippen LogP contribution >= 0.6 is 0 Å². The maximum Gasteiger partial charge on any atom is 0.311 e. The number of allylic oxidation sites excluding steroid dienone is 1. The molecule has 0 saturated carbocycles. The lowest BCUT2D eigenvalue weighted by atomic mass is 10.1. The summed E-state index contributed by atoms with van der Waals surface area (Å²) in [6, 6.07) is 9.89. The number of aryl methyl sites for hydroxylation is 2. The van der Waals surface area contributed by atoms with Gasteiger partial charge >= 0.3 is 5.69 Å². The number of fused-ring (bicyclic) bond motifs is 1. The van der Waals surface area contributed by atoms with Gasteiger partial charge in [0, 0.05) is 6.07 Å². The Bertz CT molecular complexity index is 1030. The molecule has 2 N–H and O–H groups in total. The van der Waals surface area contributed by atoms with Crippen molar-refractivity contribution >= 4 is 28.4 Å². The zero-order valence-corrected chi connectivity index (χ0v) is 13.6. The highest BCUT2D eigenvalue weighted by Crippen LogP contribution is 2.28. The van der Waals surface area contributed by atoms with E-state index >= 15 is 0 Å². The first-order valence-corrected chi connectivity index (χ1v) is 7.45. The first-order valence-electron chi connectivity index (χ1n) is 7.45. The standard InChI is InChI=1S/C18H14N4O3/c1-10-5-14-15(6-11(10)2)21-18(20-14)13(9-19)7-12-3-4-17(23)16(8-12)22(24)25/h3-8,23H,1-2H3,(H,20,21)/b13-7+. The molecule has 1 aromatic heterocycles. The van der Waals surface area contributed by atoms with Gasteiger partial charge in [-0.2, -0.15) is 5.26 Å². The Balaban J connectivity index is 2.09. The van der Waals surface area contributed by atoms with Gasteiger partial charge in [0.1, 0.15) is 11.9 Å². The molecule has 7 nitrogen and oxygen atoms in total. The van der Waals surface area contributed by atoms with Crippen molar-refractivity contribution < 1.29 is 10.0 Å². The molecule has 0 amide bonds. The number of nitrogens with zero attached hydrogens (tertiary/aromatic N) is 3. The predicted molar refractivity (Wildman–Crippen MR) is 93.8 cm³/mol. The minimum atomic E-state index is -0.675. The van der Waals surface area contributed by atoms with E-state index < -0.39 is 16.4 Å². The van der Waals surface area contributed by atoms with Crippen LogP contribution in [0.2, 0.25) is 0 Å². The minimum absolute atomic E-state index is 0.242. The van der Waals surface area contributed by atoms with Gasteiger partial charge in [0.25, 0.3) is 0 Å². The summed E-state index contributed by atoms with van der Waals surface area (Å²) in [4.78, 5) is 17.8. The predicted octanol–water partition coefficient (Wildman–Crippen LogP) is 3.86. The van der Waals surface area contributed by atoms with E-state index in [0.29, 0.717) is 11.4 Å². The van der Waals surface area contributed by atoms with Gasteiger partial charge in [-0.25, -0.2) is 4.98 Å². The number of phenols is 1. The van der Waals surface area contributed by atoms with E-state index in [-0.39, 0.29) is 5.57 Å². The van der Waals surface area contributed by atoms with Gasteiger partial charge in [-0.1, -0.05) is 6.07 Å². The zero-order valence-electron chi connectivity index (χ0n) is 13.6. The van der Waals surface area contributed by atoms with Gasteiger partial charge in [0.05, 0.1) is 21.5 Å². The van der Waals surface area contributed by atoms with Gasteiger partial charge in [-0.05, 0) is 54.8 Å². The first-order chi connectivity index (χ1) is 11.9. The van der Waals surface area contributed by atoms with Crippen LogP contribution in [0, 0.1) is 35.3 Å². The Hall–Kier alpha value is -3.66. The molecule has 124 valence electrons. The van der Waals surface area contributed by atoms with Crippen LogP contribution in [-0.2, 0) is 0 Å². The van der Waals surface area contributed by atoms with Gasteiger partial charge in [-0.3, -0.25) is 10.1 Å². The van der Waals surface area contributed by atoms with Gasteiger partial charge in [0.15, 0.2) is 5.75 Å². The normalized spacial score (nSPS) is 11.5. The quantitative estimate of drug-likeness (QED) is 0.428. The summed E-state index contributed by atoms with van der Waals surface area (Å²) in [7, 11) is 0. The topological polar surface area (TPSA) is 116 Å². The second kappa shape index (κ2) is 6.09. The first kappa shape index (κ1) is 16.2. The third kappa shape index (κ3) is 3.05. The fourth-order valence-electron chi connectivity index (χ4n) is 2.49. The van der Waals surface area contributed by atoms with Crippen LogP contribution in [0.1, 0.15) is 22.5 Å². The Labute approximate surface area is 143 Å². The number of imidazole rings is 1. The summed E-state index contributed by atoms with van der Waals surface area (Å²) in [5, 5.41) is 29.9. The molecule has 0 spiro atoms. The van der Waals surface area contributed by atoms with E-state index in [0.717, 1.165) is 22.2 Å². The molecule has 2 aromatic carbocycles. The number of benzene rings is 2. The van der Waals surface area contributed by atoms with Crippen molar-refractivity contribution in [2.45, 2.75) is 13.8 Å². The smallest absolute Gasteiger partial charge is 0.311 e. The van der Waals surface area contributed by atoms with E-state index in [1.165, 1.54) is 24.3 Å². The number of nitro benzene ring substituents is 1. The van der Waals surface area contributed by atoms with E-state index in [9.17, 15) is 20.5 Å². The molecule has 25 heavy (non-hydrogen) atoms. The van der Waals surface area contributed by atoms with Crippen molar-refractivity contribution in [3.8, 4) is 11.8 Å². The number of phenolic OH excluding ortho intramolecular Hbond substituents is 1. The highest BCUT2D eigenvalue weighted by atomic mass is 16.6. The maximum atomic E-state index is 10.9. The van der Waals surface area contributed by atoms with E-state index in [1.54, 1.807) is 0 Å². The molecule has 0 unspecified atom stereocenters. The molecule has 7 heteroatoms. The number of nitriles is 1. The summed E-state index contributed by atoms with van der Waals surface area (Å²) in [5.74, 6) is -0.0337. The number of hydrogen-bond acceptors (Lipinski definition) is 5. The summed E-state index contributed by atoms with van der Waals surface area (Å²) in [5.41, 5.74) is 4.02. The number of rotatable bonds is 3. The minimum Gasteiger partial charge on any atom is -0.502 e.